The molecule has 2 aliphatic heterocycles. The van der Waals surface area contributed by atoms with Gasteiger partial charge in [0.1, 0.15) is 0 Å². The summed E-state index contributed by atoms with van der Waals surface area (Å²) >= 11 is 0. The molecule has 4 rings (SSSR count). The van der Waals surface area contributed by atoms with E-state index in [9.17, 15) is 19.2 Å². The molecule has 0 radical (unpaired) electrons. The van der Waals surface area contributed by atoms with Gasteiger partial charge in [-0.05, 0) is 30.2 Å². The van der Waals surface area contributed by atoms with E-state index in [4.69, 9.17) is 4.84 Å². The summed E-state index contributed by atoms with van der Waals surface area (Å²) in [7, 11) is 0. The zero-order chi connectivity index (χ0) is 21.8. The molecule has 7 heteroatoms. The Kier molecular flexibility index (Phi) is 5.80. The van der Waals surface area contributed by atoms with Crippen molar-refractivity contribution in [2.45, 2.75) is 38.6 Å². The van der Waals surface area contributed by atoms with Crippen molar-refractivity contribution in [1.29, 1.82) is 0 Å². The van der Waals surface area contributed by atoms with Gasteiger partial charge in [0.05, 0.1) is 12.2 Å². The van der Waals surface area contributed by atoms with Gasteiger partial charge in [0.2, 0.25) is 5.91 Å². The zero-order valence-corrected chi connectivity index (χ0v) is 16.8. The molecule has 0 saturated carbocycles. The number of hydroxylamine groups is 2. The van der Waals surface area contributed by atoms with Crippen LogP contribution in [-0.4, -0.2) is 28.8 Å². The lowest BCUT2D eigenvalue weighted by molar-refractivity contribution is -0.197. The summed E-state index contributed by atoms with van der Waals surface area (Å²) in [5.41, 5.74) is 3.31. The van der Waals surface area contributed by atoms with Gasteiger partial charge in [-0.3, -0.25) is 14.4 Å². The smallest absolute Gasteiger partial charge is 0.330 e. The molecular formula is C24H20N2O5. The van der Waals surface area contributed by atoms with E-state index in [2.05, 4.69) is 11.8 Å². The lowest BCUT2D eigenvalue weighted by Crippen LogP contribution is -2.33. The molecule has 0 unspecified atom stereocenters. The van der Waals surface area contributed by atoms with Gasteiger partial charge in [0.25, 0.3) is 11.8 Å². The molecule has 2 aromatic rings. The Morgan fingerprint density at radius 3 is 2.29 bits per heavy atom. The number of hydrogen-bond acceptors (Lipinski definition) is 5. The standard InChI is InChI=1S/C24H20N2O5/c27-21(10-5-11-24(30)31-26-22(28)14-15-23(26)29)25-16-19-8-2-1-6-17(19)12-13-18-7-3-4-9-20(18)25/h1-4,6-9H,5,10-11,14-16H2. The number of benzene rings is 2. The maximum absolute atomic E-state index is 13.1. The van der Waals surface area contributed by atoms with Crippen LogP contribution in [0.5, 0.6) is 0 Å². The van der Waals surface area contributed by atoms with Crippen molar-refractivity contribution in [2.24, 2.45) is 0 Å². The molecule has 7 nitrogen and oxygen atoms in total. The Balaban J connectivity index is 1.43. The van der Waals surface area contributed by atoms with E-state index in [1.165, 1.54) is 0 Å². The van der Waals surface area contributed by atoms with E-state index in [0.29, 0.717) is 11.6 Å². The number of amides is 3. The summed E-state index contributed by atoms with van der Waals surface area (Å²) in [4.78, 5) is 54.7. The quantitative estimate of drug-likeness (QED) is 0.553. The van der Waals surface area contributed by atoms with Gasteiger partial charge < -0.3 is 9.74 Å². The average molecular weight is 416 g/mol. The average Bonchev–Trinajstić information content (AvgIpc) is 3.07. The van der Waals surface area contributed by atoms with Crippen molar-refractivity contribution in [3.63, 3.8) is 0 Å². The molecule has 0 aliphatic carbocycles. The Labute approximate surface area is 179 Å². The highest BCUT2D eigenvalue weighted by Crippen LogP contribution is 2.26. The van der Waals surface area contributed by atoms with Crippen LogP contribution in [0.15, 0.2) is 48.5 Å². The van der Waals surface area contributed by atoms with Crippen LogP contribution in [0.2, 0.25) is 0 Å². The Bertz CT molecular complexity index is 1110. The molecule has 0 aromatic heterocycles. The number of carbonyl (C=O) groups is 4. The first-order valence-corrected chi connectivity index (χ1v) is 10.1. The fourth-order valence-electron chi connectivity index (χ4n) is 3.53. The van der Waals surface area contributed by atoms with Gasteiger partial charge in [-0.2, -0.15) is 0 Å². The first-order valence-electron chi connectivity index (χ1n) is 10.1. The van der Waals surface area contributed by atoms with Gasteiger partial charge in [0.15, 0.2) is 0 Å². The van der Waals surface area contributed by atoms with Crippen LogP contribution in [0.4, 0.5) is 5.69 Å². The summed E-state index contributed by atoms with van der Waals surface area (Å²) < 4.78 is 0. The van der Waals surface area contributed by atoms with Gasteiger partial charge in [-0.1, -0.05) is 42.2 Å². The highest BCUT2D eigenvalue weighted by atomic mass is 16.7. The van der Waals surface area contributed by atoms with Crippen LogP contribution in [0.1, 0.15) is 48.8 Å². The third-order valence-corrected chi connectivity index (χ3v) is 5.14. The van der Waals surface area contributed by atoms with Crippen molar-refractivity contribution in [3.8, 4) is 11.8 Å². The van der Waals surface area contributed by atoms with E-state index >= 15 is 0 Å². The van der Waals surface area contributed by atoms with Crippen molar-refractivity contribution in [1.82, 2.24) is 5.06 Å². The molecule has 1 fully saturated rings. The zero-order valence-electron chi connectivity index (χ0n) is 16.8. The fourth-order valence-corrected chi connectivity index (χ4v) is 3.53. The molecular weight excluding hydrogens is 396 g/mol. The second kappa shape index (κ2) is 8.84. The second-order valence-corrected chi connectivity index (χ2v) is 7.30. The lowest BCUT2D eigenvalue weighted by atomic mass is 10.0. The van der Waals surface area contributed by atoms with E-state index in [1.54, 1.807) is 4.90 Å². The topological polar surface area (TPSA) is 84.0 Å². The first-order chi connectivity index (χ1) is 15.0. The molecule has 31 heavy (non-hydrogen) atoms. The molecule has 156 valence electrons. The minimum atomic E-state index is -0.708. The minimum absolute atomic E-state index is 0.0450. The summed E-state index contributed by atoms with van der Waals surface area (Å²) in [6.45, 7) is 0.377. The molecule has 2 aromatic carbocycles. The number of para-hydroxylation sites is 1. The number of carbonyl (C=O) groups excluding carboxylic acids is 4. The van der Waals surface area contributed by atoms with Crippen LogP contribution in [0, 0.1) is 11.8 Å². The van der Waals surface area contributed by atoms with Gasteiger partial charge in [-0.25, -0.2) is 4.79 Å². The van der Waals surface area contributed by atoms with Gasteiger partial charge in [0, 0.05) is 36.8 Å². The van der Waals surface area contributed by atoms with Crippen molar-refractivity contribution < 1.29 is 24.0 Å². The summed E-state index contributed by atoms with van der Waals surface area (Å²) in [5.74, 6) is 4.42. The van der Waals surface area contributed by atoms with Crippen molar-refractivity contribution in [3.05, 3.63) is 65.2 Å². The molecule has 2 aliphatic rings. The highest BCUT2D eigenvalue weighted by molar-refractivity contribution is 6.01. The van der Waals surface area contributed by atoms with Crippen molar-refractivity contribution in [2.75, 3.05) is 4.90 Å². The predicted octanol–water partition coefficient (Wildman–Crippen LogP) is 2.71. The minimum Gasteiger partial charge on any atom is -0.330 e. The number of rotatable bonds is 5. The fraction of sp³-hybridized carbons (Fsp3) is 0.250. The Morgan fingerprint density at radius 2 is 1.52 bits per heavy atom. The summed E-state index contributed by atoms with van der Waals surface area (Å²) in [5, 5.41) is 0.522. The van der Waals surface area contributed by atoms with Crippen LogP contribution < -0.4 is 4.90 Å². The molecule has 0 N–H and O–H groups in total. The van der Waals surface area contributed by atoms with Gasteiger partial charge >= 0.3 is 5.97 Å². The van der Waals surface area contributed by atoms with E-state index in [-0.39, 0.29) is 38.0 Å². The Morgan fingerprint density at radius 1 is 0.871 bits per heavy atom. The first kappa shape index (κ1) is 20.4. The Hall–Kier alpha value is -3.92. The number of nitrogens with zero attached hydrogens (tertiary/aromatic N) is 2. The highest BCUT2D eigenvalue weighted by Gasteiger charge is 2.32. The number of fused-ring (bicyclic) bond motifs is 2. The maximum atomic E-state index is 13.1. The number of hydrogen-bond donors (Lipinski definition) is 0. The van der Waals surface area contributed by atoms with Crippen LogP contribution in [0.3, 0.4) is 0 Å². The van der Waals surface area contributed by atoms with E-state index in [0.717, 1.165) is 22.4 Å². The van der Waals surface area contributed by atoms with Crippen LogP contribution >= 0.6 is 0 Å². The molecule has 0 bridgehead atoms. The molecule has 2 heterocycles. The summed E-state index contributed by atoms with van der Waals surface area (Å²) in [6.07, 6.45) is 0.363. The molecule has 0 spiro atoms. The number of imide groups is 1. The predicted molar refractivity (Wildman–Crippen MR) is 111 cm³/mol. The molecule has 3 amide bonds. The third kappa shape index (κ3) is 4.48. The summed E-state index contributed by atoms with van der Waals surface area (Å²) in [6, 6.07) is 15.2. The van der Waals surface area contributed by atoms with Gasteiger partial charge in [-0.15, -0.1) is 5.06 Å². The maximum Gasteiger partial charge on any atom is 0.333 e. The second-order valence-electron chi connectivity index (χ2n) is 7.30. The number of anilines is 1. The molecule has 0 atom stereocenters. The monoisotopic (exact) mass is 416 g/mol. The third-order valence-electron chi connectivity index (χ3n) is 5.14. The van der Waals surface area contributed by atoms with E-state index in [1.807, 2.05) is 48.5 Å². The van der Waals surface area contributed by atoms with E-state index < -0.39 is 17.8 Å². The molecule has 1 saturated heterocycles. The SMILES string of the molecule is O=C(CCCC(=O)N1Cc2ccccc2C#Cc2ccccc21)ON1C(=O)CCC1=O. The largest absolute Gasteiger partial charge is 0.333 e. The van der Waals surface area contributed by atoms with Crippen LogP contribution in [-0.2, 0) is 30.6 Å². The van der Waals surface area contributed by atoms with Crippen molar-refractivity contribution >= 4 is 29.4 Å². The van der Waals surface area contributed by atoms with Crippen LogP contribution in [0.25, 0.3) is 0 Å². The lowest BCUT2D eigenvalue weighted by Gasteiger charge is -2.26. The normalized spacial score (nSPS) is 14.7.